The van der Waals surface area contributed by atoms with Gasteiger partial charge in [0.25, 0.3) is 0 Å². The van der Waals surface area contributed by atoms with E-state index in [0.717, 1.165) is 11.3 Å². The second-order valence-electron chi connectivity index (χ2n) is 4.41. The van der Waals surface area contributed by atoms with E-state index in [1.807, 2.05) is 51.2 Å². The molecule has 1 aromatic carbocycles. The first-order chi connectivity index (χ1) is 8.56. The van der Waals surface area contributed by atoms with Gasteiger partial charge >= 0.3 is 0 Å². The van der Waals surface area contributed by atoms with Crippen molar-refractivity contribution in [1.82, 2.24) is 9.78 Å². The molecule has 0 N–H and O–H groups in total. The van der Waals surface area contributed by atoms with Gasteiger partial charge in [-0.25, -0.2) is 0 Å². The van der Waals surface area contributed by atoms with Gasteiger partial charge in [0.15, 0.2) is 5.78 Å². The van der Waals surface area contributed by atoms with Crippen molar-refractivity contribution in [3.63, 3.8) is 0 Å². The maximum atomic E-state index is 12.0. The Morgan fingerprint density at radius 1 is 1.22 bits per heavy atom. The Kier molecular flexibility index (Phi) is 3.42. The van der Waals surface area contributed by atoms with Crippen LogP contribution in [-0.4, -0.2) is 15.6 Å². The van der Waals surface area contributed by atoms with E-state index in [2.05, 4.69) is 5.10 Å². The molecule has 1 heterocycles. The molecule has 92 valence electrons. The van der Waals surface area contributed by atoms with Gasteiger partial charge in [-0.05, 0) is 25.5 Å². The summed E-state index contributed by atoms with van der Waals surface area (Å²) in [5, 5.41) is 4.16. The van der Waals surface area contributed by atoms with Crippen LogP contribution in [0.5, 0.6) is 0 Å². The van der Waals surface area contributed by atoms with Crippen molar-refractivity contribution < 1.29 is 4.79 Å². The number of carbonyl (C=O) groups excluding carboxylic acids is 1. The first kappa shape index (κ1) is 12.3. The number of benzene rings is 1. The first-order valence-corrected chi connectivity index (χ1v) is 5.85. The zero-order chi connectivity index (χ0) is 13.1. The van der Waals surface area contributed by atoms with E-state index in [1.54, 1.807) is 17.0 Å². The molecule has 0 aliphatic rings. The third kappa shape index (κ3) is 2.74. The highest BCUT2D eigenvalue weighted by atomic mass is 16.1. The van der Waals surface area contributed by atoms with Gasteiger partial charge in [-0.1, -0.05) is 35.9 Å². The van der Waals surface area contributed by atoms with Crippen LogP contribution < -0.4 is 0 Å². The largest absolute Gasteiger partial charge is 0.289 e. The lowest BCUT2D eigenvalue weighted by atomic mass is 10.1. The predicted molar refractivity (Wildman–Crippen MR) is 72.5 cm³/mol. The van der Waals surface area contributed by atoms with E-state index < -0.39 is 0 Å². The van der Waals surface area contributed by atoms with Crippen LogP contribution in [0.1, 0.15) is 27.2 Å². The van der Waals surface area contributed by atoms with Gasteiger partial charge < -0.3 is 0 Å². The molecule has 2 aromatic rings. The minimum atomic E-state index is -0.0128. The van der Waals surface area contributed by atoms with Gasteiger partial charge in [0, 0.05) is 13.2 Å². The topological polar surface area (TPSA) is 34.9 Å². The van der Waals surface area contributed by atoms with Gasteiger partial charge in [-0.2, -0.15) is 5.10 Å². The summed E-state index contributed by atoms with van der Waals surface area (Å²) >= 11 is 0. The van der Waals surface area contributed by atoms with E-state index in [0.29, 0.717) is 5.56 Å². The smallest absolute Gasteiger partial charge is 0.189 e. The average Bonchev–Trinajstić information content (AvgIpc) is 2.67. The number of allylic oxidation sites excluding steroid dienone is 1. The molecule has 0 saturated carbocycles. The number of carbonyl (C=O) groups is 1. The maximum absolute atomic E-state index is 12.0. The highest BCUT2D eigenvalue weighted by Crippen LogP contribution is 2.09. The second kappa shape index (κ2) is 5.00. The predicted octanol–water partition coefficient (Wildman–Crippen LogP) is 2.93. The second-order valence-corrected chi connectivity index (χ2v) is 4.41. The van der Waals surface area contributed by atoms with Crippen molar-refractivity contribution in [2.75, 3.05) is 0 Å². The molecule has 0 radical (unpaired) electrons. The SMILES string of the molecule is Cc1ccc(C=CC(=O)c2cn(C)nc2C)cc1. The summed E-state index contributed by atoms with van der Waals surface area (Å²) in [7, 11) is 1.81. The summed E-state index contributed by atoms with van der Waals surface area (Å²) in [4.78, 5) is 12.0. The lowest BCUT2D eigenvalue weighted by molar-refractivity contribution is 0.104. The van der Waals surface area contributed by atoms with Crippen LogP contribution in [0, 0.1) is 13.8 Å². The molecule has 0 bridgehead atoms. The Morgan fingerprint density at radius 3 is 2.44 bits per heavy atom. The minimum absolute atomic E-state index is 0.0128. The lowest BCUT2D eigenvalue weighted by Crippen LogP contribution is -1.94. The van der Waals surface area contributed by atoms with Crippen molar-refractivity contribution in [3.05, 3.63) is 58.9 Å². The molecule has 18 heavy (non-hydrogen) atoms. The van der Waals surface area contributed by atoms with Crippen molar-refractivity contribution in [2.24, 2.45) is 7.05 Å². The molecule has 3 heteroatoms. The van der Waals surface area contributed by atoms with Crippen LogP contribution in [0.25, 0.3) is 6.08 Å². The Hall–Kier alpha value is -2.16. The van der Waals surface area contributed by atoms with Crippen molar-refractivity contribution in [1.29, 1.82) is 0 Å². The number of rotatable bonds is 3. The standard InChI is InChI=1S/C15H16N2O/c1-11-4-6-13(7-5-11)8-9-15(18)14-10-17(3)16-12(14)2/h4-10H,1-3H3. The fourth-order valence-corrected chi connectivity index (χ4v) is 1.78. The summed E-state index contributed by atoms with van der Waals surface area (Å²) in [6.07, 6.45) is 5.17. The summed E-state index contributed by atoms with van der Waals surface area (Å²) in [6.45, 7) is 3.88. The zero-order valence-corrected chi connectivity index (χ0v) is 10.8. The molecule has 0 spiro atoms. The van der Waals surface area contributed by atoms with E-state index in [1.165, 1.54) is 5.56 Å². The van der Waals surface area contributed by atoms with E-state index in [9.17, 15) is 4.79 Å². The average molecular weight is 240 g/mol. The number of nitrogens with zero attached hydrogens (tertiary/aromatic N) is 2. The molecule has 2 rings (SSSR count). The van der Waals surface area contributed by atoms with Crippen LogP contribution in [0.15, 0.2) is 36.5 Å². The Morgan fingerprint density at radius 2 is 1.89 bits per heavy atom. The highest BCUT2D eigenvalue weighted by molar-refractivity contribution is 6.07. The van der Waals surface area contributed by atoms with Gasteiger partial charge in [0.05, 0.1) is 11.3 Å². The molecule has 0 saturated heterocycles. The number of hydrogen-bond donors (Lipinski definition) is 0. The molecule has 1 aromatic heterocycles. The van der Waals surface area contributed by atoms with Crippen molar-refractivity contribution in [3.8, 4) is 0 Å². The van der Waals surface area contributed by atoms with Gasteiger partial charge in [0.2, 0.25) is 0 Å². The molecule has 0 unspecified atom stereocenters. The number of aromatic nitrogens is 2. The fourth-order valence-electron chi connectivity index (χ4n) is 1.78. The number of ketones is 1. The Bertz CT molecular complexity index is 591. The van der Waals surface area contributed by atoms with Crippen LogP contribution in [-0.2, 0) is 7.05 Å². The molecular formula is C15H16N2O. The molecular weight excluding hydrogens is 224 g/mol. The van der Waals surface area contributed by atoms with Gasteiger partial charge in [-0.3, -0.25) is 9.48 Å². The minimum Gasteiger partial charge on any atom is -0.289 e. The quantitative estimate of drug-likeness (QED) is 0.610. The third-order valence-electron chi connectivity index (χ3n) is 2.78. The molecule has 3 nitrogen and oxygen atoms in total. The lowest BCUT2D eigenvalue weighted by Gasteiger charge is -1.95. The van der Waals surface area contributed by atoms with Crippen LogP contribution in [0.2, 0.25) is 0 Å². The summed E-state index contributed by atoms with van der Waals surface area (Å²) < 4.78 is 1.66. The van der Waals surface area contributed by atoms with Gasteiger partial charge in [-0.15, -0.1) is 0 Å². The van der Waals surface area contributed by atoms with Crippen LogP contribution >= 0.6 is 0 Å². The first-order valence-electron chi connectivity index (χ1n) is 5.85. The Balaban J connectivity index is 2.16. The van der Waals surface area contributed by atoms with Crippen LogP contribution in [0.3, 0.4) is 0 Å². The van der Waals surface area contributed by atoms with E-state index in [4.69, 9.17) is 0 Å². The molecule has 0 aliphatic heterocycles. The molecule has 0 atom stereocenters. The molecule has 0 fully saturated rings. The van der Waals surface area contributed by atoms with Crippen molar-refractivity contribution >= 4 is 11.9 Å². The fraction of sp³-hybridized carbons (Fsp3) is 0.200. The number of aryl methyl sites for hydroxylation is 3. The molecule has 0 amide bonds. The normalized spacial score (nSPS) is 11.1. The monoisotopic (exact) mass is 240 g/mol. The third-order valence-corrected chi connectivity index (χ3v) is 2.78. The van der Waals surface area contributed by atoms with Crippen molar-refractivity contribution in [2.45, 2.75) is 13.8 Å². The summed E-state index contributed by atoms with van der Waals surface area (Å²) in [6, 6.07) is 8.05. The van der Waals surface area contributed by atoms with E-state index >= 15 is 0 Å². The van der Waals surface area contributed by atoms with Crippen LogP contribution in [0.4, 0.5) is 0 Å². The summed E-state index contributed by atoms with van der Waals surface area (Å²) in [5.74, 6) is -0.0128. The van der Waals surface area contributed by atoms with Gasteiger partial charge in [0.1, 0.15) is 0 Å². The van der Waals surface area contributed by atoms with E-state index in [-0.39, 0.29) is 5.78 Å². The Labute approximate surface area is 107 Å². The molecule has 0 aliphatic carbocycles. The highest BCUT2D eigenvalue weighted by Gasteiger charge is 2.08. The zero-order valence-electron chi connectivity index (χ0n) is 10.8. The maximum Gasteiger partial charge on any atom is 0.189 e. The number of hydrogen-bond acceptors (Lipinski definition) is 2. The summed E-state index contributed by atoms with van der Waals surface area (Å²) in [5.41, 5.74) is 3.65.